The molecular weight excluding hydrogens is 136 g/mol. The molecule has 1 heterocycles. The Bertz CT molecular complexity index is 279. The zero-order valence-electron chi connectivity index (χ0n) is 6.45. The maximum absolute atomic E-state index is 5.43. The van der Waals surface area contributed by atoms with Crippen molar-refractivity contribution in [1.29, 1.82) is 0 Å². The molecule has 56 valence electrons. The summed E-state index contributed by atoms with van der Waals surface area (Å²) in [6.07, 6.45) is 12.3. The van der Waals surface area contributed by atoms with Crippen LogP contribution in [0, 0.1) is 0 Å². The van der Waals surface area contributed by atoms with Crippen molar-refractivity contribution in [2.45, 2.75) is 13.0 Å². The Kier molecular flexibility index (Phi) is 1.42. The zero-order chi connectivity index (χ0) is 7.68. The monoisotopic (exact) mass is 146 g/mol. The molecule has 0 bridgehead atoms. The lowest BCUT2D eigenvalue weighted by molar-refractivity contribution is 0.213. The maximum atomic E-state index is 5.43. The quantitative estimate of drug-likeness (QED) is 0.509. The predicted octanol–water partition coefficient (Wildman–Crippen LogP) is 2.34. The molecule has 0 radical (unpaired) electrons. The van der Waals surface area contributed by atoms with E-state index in [0.29, 0.717) is 0 Å². The highest BCUT2D eigenvalue weighted by Gasteiger charge is 2.13. The van der Waals surface area contributed by atoms with Crippen LogP contribution in [-0.2, 0) is 4.74 Å². The highest BCUT2D eigenvalue weighted by atomic mass is 16.5. The molecule has 2 aliphatic rings. The van der Waals surface area contributed by atoms with Crippen LogP contribution in [0.3, 0.4) is 0 Å². The van der Waals surface area contributed by atoms with Gasteiger partial charge < -0.3 is 4.74 Å². The summed E-state index contributed by atoms with van der Waals surface area (Å²) in [4.78, 5) is 0. The van der Waals surface area contributed by atoms with Gasteiger partial charge in [0.1, 0.15) is 6.10 Å². The highest BCUT2D eigenvalue weighted by molar-refractivity contribution is 5.41. The van der Waals surface area contributed by atoms with Gasteiger partial charge >= 0.3 is 0 Å². The van der Waals surface area contributed by atoms with Gasteiger partial charge in [-0.25, -0.2) is 0 Å². The van der Waals surface area contributed by atoms with Crippen molar-refractivity contribution in [2.75, 3.05) is 0 Å². The van der Waals surface area contributed by atoms with Crippen LogP contribution in [0.15, 0.2) is 47.8 Å². The van der Waals surface area contributed by atoms with Crippen molar-refractivity contribution in [3.05, 3.63) is 47.8 Å². The molecule has 0 saturated heterocycles. The Hall–Kier alpha value is -1.24. The molecular formula is C10H10O. The predicted molar refractivity (Wildman–Crippen MR) is 45.0 cm³/mol. The van der Waals surface area contributed by atoms with Gasteiger partial charge in [-0.05, 0) is 30.2 Å². The van der Waals surface area contributed by atoms with Crippen molar-refractivity contribution in [3.63, 3.8) is 0 Å². The van der Waals surface area contributed by atoms with Crippen LogP contribution in [0.5, 0.6) is 0 Å². The average molecular weight is 146 g/mol. The summed E-state index contributed by atoms with van der Waals surface area (Å²) in [6.45, 7) is 2.04. The van der Waals surface area contributed by atoms with Gasteiger partial charge in [0.25, 0.3) is 0 Å². The van der Waals surface area contributed by atoms with Gasteiger partial charge in [0, 0.05) is 0 Å². The van der Waals surface area contributed by atoms with Crippen LogP contribution < -0.4 is 0 Å². The van der Waals surface area contributed by atoms with Gasteiger partial charge in [-0.3, -0.25) is 0 Å². The fourth-order valence-corrected chi connectivity index (χ4v) is 1.27. The summed E-state index contributed by atoms with van der Waals surface area (Å²) in [5.41, 5.74) is 2.42. The van der Waals surface area contributed by atoms with E-state index in [1.54, 1.807) is 6.26 Å². The van der Waals surface area contributed by atoms with Crippen LogP contribution >= 0.6 is 0 Å². The first-order valence-electron chi connectivity index (χ1n) is 3.75. The van der Waals surface area contributed by atoms with E-state index in [0.717, 1.165) is 0 Å². The smallest absolute Gasteiger partial charge is 0.141 e. The van der Waals surface area contributed by atoms with Crippen molar-refractivity contribution in [2.24, 2.45) is 0 Å². The number of ether oxygens (including phenoxy) is 1. The molecule has 0 aromatic rings. The lowest BCUT2D eigenvalue weighted by Gasteiger charge is -2.20. The molecule has 0 aromatic carbocycles. The third kappa shape index (κ3) is 1.14. The van der Waals surface area contributed by atoms with E-state index in [2.05, 4.69) is 18.2 Å². The topological polar surface area (TPSA) is 9.23 Å². The second-order valence-electron chi connectivity index (χ2n) is 2.81. The molecule has 1 atom stereocenters. The zero-order valence-corrected chi connectivity index (χ0v) is 6.45. The summed E-state index contributed by atoms with van der Waals surface area (Å²) in [7, 11) is 0. The normalized spacial score (nSPS) is 26.8. The second kappa shape index (κ2) is 2.42. The van der Waals surface area contributed by atoms with Gasteiger partial charge in [0.2, 0.25) is 0 Å². The molecule has 0 N–H and O–H groups in total. The summed E-state index contributed by atoms with van der Waals surface area (Å²) < 4.78 is 5.43. The minimum atomic E-state index is 0.156. The summed E-state index contributed by atoms with van der Waals surface area (Å²) in [6, 6.07) is 0. The maximum Gasteiger partial charge on any atom is 0.141 e. The van der Waals surface area contributed by atoms with E-state index in [1.807, 2.05) is 19.1 Å². The molecule has 1 nitrogen and oxygen atoms in total. The fraction of sp³-hybridized carbons (Fsp3) is 0.200. The van der Waals surface area contributed by atoms with Crippen LogP contribution in [0.2, 0.25) is 0 Å². The first-order valence-corrected chi connectivity index (χ1v) is 3.75. The number of rotatable bonds is 0. The van der Waals surface area contributed by atoms with E-state index in [9.17, 15) is 0 Å². The van der Waals surface area contributed by atoms with Gasteiger partial charge in [0.15, 0.2) is 0 Å². The third-order valence-electron chi connectivity index (χ3n) is 1.81. The number of hydrogen-bond acceptors (Lipinski definition) is 1. The molecule has 0 aromatic heterocycles. The molecule has 0 saturated carbocycles. The number of fused-ring (bicyclic) bond motifs is 1. The number of allylic oxidation sites excluding steroid dienone is 4. The Morgan fingerprint density at radius 1 is 1.36 bits per heavy atom. The molecule has 1 aliphatic carbocycles. The van der Waals surface area contributed by atoms with Crippen molar-refractivity contribution >= 4 is 0 Å². The van der Waals surface area contributed by atoms with Crippen molar-refractivity contribution in [1.82, 2.24) is 0 Å². The van der Waals surface area contributed by atoms with Crippen LogP contribution in [0.4, 0.5) is 0 Å². The van der Waals surface area contributed by atoms with E-state index in [4.69, 9.17) is 4.74 Å². The van der Waals surface area contributed by atoms with Gasteiger partial charge in [-0.15, -0.1) is 0 Å². The lowest BCUT2D eigenvalue weighted by Crippen LogP contribution is -2.13. The van der Waals surface area contributed by atoms with E-state index in [1.165, 1.54) is 11.1 Å². The van der Waals surface area contributed by atoms with Crippen LogP contribution in [-0.4, -0.2) is 6.10 Å². The molecule has 1 aliphatic heterocycles. The fourth-order valence-electron chi connectivity index (χ4n) is 1.27. The molecule has 0 spiro atoms. The Morgan fingerprint density at radius 3 is 3.18 bits per heavy atom. The summed E-state index contributed by atoms with van der Waals surface area (Å²) in [5.74, 6) is 0. The van der Waals surface area contributed by atoms with Crippen LogP contribution in [0.25, 0.3) is 0 Å². The largest absolute Gasteiger partial charge is 0.489 e. The minimum Gasteiger partial charge on any atom is -0.489 e. The summed E-state index contributed by atoms with van der Waals surface area (Å²) >= 11 is 0. The van der Waals surface area contributed by atoms with Crippen molar-refractivity contribution in [3.8, 4) is 0 Å². The molecule has 0 fully saturated rings. The third-order valence-corrected chi connectivity index (χ3v) is 1.81. The van der Waals surface area contributed by atoms with Gasteiger partial charge in [-0.1, -0.05) is 18.2 Å². The molecule has 2 rings (SSSR count). The minimum absolute atomic E-state index is 0.156. The summed E-state index contributed by atoms with van der Waals surface area (Å²) in [5, 5.41) is 0. The van der Waals surface area contributed by atoms with Crippen molar-refractivity contribution < 1.29 is 4.74 Å². The molecule has 0 amide bonds. The van der Waals surface area contributed by atoms with Gasteiger partial charge in [0.05, 0.1) is 6.26 Å². The Balaban J connectivity index is 2.33. The molecule has 1 heteroatoms. The standard InChI is InChI=1S/C10H10O/c1-8-6-9-4-2-3-5-10(9)11-7-8/h2-7,10H,1H3. The van der Waals surface area contributed by atoms with E-state index < -0.39 is 0 Å². The first kappa shape index (κ1) is 6.47. The Labute approximate surface area is 66.4 Å². The SMILES string of the molecule is CC1=COC2C=CC=CC2=C1. The molecule has 1 unspecified atom stereocenters. The van der Waals surface area contributed by atoms with E-state index >= 15 is 0 Å². The number of hydrogen-bond donors (Lipinski definition) is 0. The molecule has 11 heavy (non-hydrogen) atoms. The van der Waals surface area contributed by atoms with Crippen LogP contribution in [0.1, 0.15) is 6.92 Å². The Morgan fingerprint density at radius 2 is 2.27 bits per heavy atom. The first-order chi connectivity index (χ1) is 5.36. The van der Waals surface area contributed by atoms with E-state index in [-0.39, 0.29) is 6.10 Å². The lowest BCUT2D eigenvalue weighted by atomic mass is 10.0. The van der Waals surface area contributed by atoms with Gasteiger partial charge in [-0.2, -0.15) is 0 Å². The highest BCUT2D eigenvalue weighted by Crippen LogP contribution is 2.21. The average Bonchev–Trinajstić information content (AvgIpc) is 2.04. The second-order valence-corrected chi connectivity index (χ2v) is 2.81.